The molecule has 0 aliphatic carbocycles. The van der Waals surface area contributed by atoms with E-state index in [2.05, 4.69) is 4.52 Å². The summed E-state index contributed by atoms with van der Waals surface area (Å²) in [6.07, 6.45) is 0. The van der Waals surface area contributed by atoms with Crippen molar-refractivity contribution in [3.8, 4) is 0 Å². The molecule has 0 saturated carbocycles. The van der Waals surface area contributed by atoms with Crippen molar-refractivity contribution in [3.63, 3.8) is 0 Å². The Balaban J connectivity index is 4.14. The molecule has 0 heterocycles. The minimum absolute atomic E-state index is 0.0101. The number of rotatable bonds is 10. The second-order valence-corrected chi connectivity index (χ2v) is 7.88. The van der Waals surface area contributed by atoms with Crippen LogP contribution in [0.25, 0.3) is 0 Å². The number of hydrogen-bond donors (Lipinski definition) is 1. The van der Waals surface area contributed by atoms with Gasteiger partial charge in [-0.3, -0.25) is 9.05 Å². The second-order valence-electron chi connectivity index (χ2n) is 5.08. The van der Waals surface area contributed by atoms with E-state index in [-0.39, 0.29) is 19.7 Å². The maximum atomic E-state index is 12.7. The summed E-state index contributed by atoms with van der Waals surface area (Å²) in [6.45, 7) is 1.05. The lowest BCUT2D eigenvalue weighted by molar-refractivity contribution is -0.870. The van der Waals surface area contributed by atoms with Gasteiger partial charge in [0.1, 0.15) is 13.2 Å². The summed E-state index contributed by atoms with van der Waals surface area (Å²) < 4.78 is 55.8. The predicted molar refractivity (Wildman–Crippen MR) is 71.9 cm³/mol. The van der Waals surface area contributed by atoms with Crippen molar-refractivity contribution in [1.82, 2.24) is 4.31 Å². The molecule has 0 amide bonds. The number of quaternary nitrogens is 1. The standard InChI is InChI=1S/C9H22FN2O6PS/c1-5-11(20(10,15)16)6-8-17-19(13,14)18-9-7-12(2,3)4/h5-9H2,1-4H3/p+1. The van der Waals surface area contributed by atoms with Gasteiger partial charge in [-0.1, -0.05) is 10.8 Å². The van der Waals surface area contributed by atoms with Crippen molar-refractivity contribution >= 4 is 18.2 Å². The largest absolute Gasteiger partial charge is 0.472 e. The van der Waals surface area contributed by atoms with E-state index in [1.54, 1.807) is 0 Å². The SMILES string of the molecule is CCN(CCOP(=O)(O)OCC[N+](C)(C)C)S(=O)(=O)F. The Labute approximate surface area is 119 Å². The molecule has 20 heavy (non-hydrogen) atoms. The lowest BCUT2D eigenvalue weighted by atomic mass is 10.5. The highest BCUT2D eigenvalue weighted by Gasteiger charge is 2.24. The average molecular weight is 337 g/mol. The third-order valence-electron chi connectivity index (χ3n) is 2.27. The summed E-state index contributed by atoms with van der Waals surface area (Å²) in [5.41, 5.74) is 0. The van der Waals surface area contributed by atoms with Gasteiger partial charge in [-0.25, -0.2) is 4.57 Å². The summed E-state index contributed by atoms with van der Waals surface area (Å²) >= 11 is 0. The molecule has 0 aromatic heterocycles. The van der Waals surface area contributed by atoms with Crippen LogP contribution in [0, 0.1) is 0 Å². The van der Waals surface area contributed by atoms with Crippen molar-refractivity contribution < 1.29 is 35.3 Å². The van der Waals surface area contributed by atoms with Crippen molar-refractivity contribution in [3.05, 3.63) is 0 Å². The maximum Gasteiger partial charge on any atom is 0.472 e. The first kappa shape index (κ1) is 19.9. The minimum Gasteiger partial charge on any atom is -0.329 e. The van der Waals surface area contributed by atoms with E-state index in [0.717, 1.165) is 0 Å². The molecule has 0 aromatic rings. The first-order valence-corrected chi connectivity index (χ1v) is 8.83. The van der Waals surface area contributed by atoms with Gasteiger partial charge >= 0.3 is 18.2 Å². The molecule has 1 unspecified atom stereocenters. The molecule has 122 valence electrons. The van der Waals surface area contributed by atoms with Crippen LogP contribution >= 0.6 is 7.82 Å². The molecule has 1 atom stereocenters. The van der Waals surface area contributed by atoms with Gasteiger partial charge in [-0.15, -0.1) is 0 Å². The number of phosphoric acid groups is 1. The lowest BCUT2D eigenvalue weighted by Crippen LogP contribution is -2.37. The number of nitrogens with zero attached hydrogens (tertiary/aromatic N) is 2. The molecule has 8 nitrogen and oxygen atoms in total. The molecule has 0 aliphatic rings. The van der Waals surface area contributed by atoms with E-state index in [1.807, 2.05) is 21.1 Å². The second kappa shape index (κ2) is 7.79. The number of hydrogen-bond acceptors (Lipinski definition) is 5. The fourth-order valence-corrected chi connectivity index (χ4v) is 2.45. The lowest BCUT2D eigenvalue weighted by Gasteiger charge is -2.24. The zero-order chi connectivity index (χ0) is 16.0. The van der Waals surface area contributed by atoms with Gasteiger partial charge in [0, 0.05) is 13.1 Å². The van der Waals surface area contributed by atoms with Crippen molar-refractivity contribution in [2.75, 3.05) is 54.0 Å². The van der Waals surface area contributed by atoms with Crippen LogP contribution in [0.2, 0.25) is 0 Å². The summed E-state index contributed by atoms with van der Waals surface area (Å²) in [7, 11) is -3.42. The van der Waals surface area contributed by atoms with Crippen molar-refractivity contribution in [1.29, 1.82) is 0 Å². The van der Waals surface area contributed by atoms with E-state index >= 15 is 0 Å². The Bertz CT molecular complexity index is 438. The maximum absolute atomic E-state index is 12.7. The summed E-state index contributed by atoms with van der Waals surface area (Å²) in [6, 6.07) is 0. The summed E-state index contributed by atoms with van der Waals surface area (Å²) in [5.74, 6) is 0. The summed E-state index contributed by atoms with van der Waals surface area (Å²) in [5, 5.41) is 0. The highest BCUT2D eigenvalue weighted by Crippen LogP contribution is 2.42. The van der Waals surface area contributed by atoms with Crippen LogP contribution < -0.4 is 0 Å². The number of likely N-dealkylation sites (N-methyl/N-ethyl adjacent to an activating group) is 2. The molecule has 0 saturated heterocycles. The zero-order valence-electron chi connectivity index (χ0n) is 12.2. The molecular weight excluding hydrogens is 314 g/mol. The van der Waals surface area contributed by atoms with Gasteiger partial charge in [0.15, 0.2) is 0 Å². The normalized spacial score (nSPS) is 16.4. The Kier molecular flexibility index (Phi) is 7.75. The molecule has 0 rings (SSSR count). The highest BCUT2D eigenvalue weighted by molar-refractivity contribution is 7.83. The van der Waals surface area contributed by atoms with E-state index in [1.165, 1.54) is 6.92 Å². The average Bonchev–Trinajstić information content (AvgIpc) is 2.20. The van der Waals surface area contributed by atoms with Crippen molar-refractivity contribution in [2.24, 2.45) is 0 Å². The van der Waals surface area contributed by atoms with Crippen LogP contribution in [-0.4, -0.2) is 76.1 Å². The first-order valence-electron chi connectivity index (χ1n) is 5.99. The van der Waals surface area contributed by atoms with E-state index in [4.69, 9.17) is 4.52 Å². The predicted octanol–water partition coefficient (Wildman–Crippen LogP) is 0.362. The topological polar surface area (TPSA) is 93.1 Å². The van der Waals surface area contributed by atoms with Gasteiger partial charge < -0.3 is 9.38 Å². The van der Waals surface area contributed by atoms with E-state index in [9.17, 15) is 21.8 Å². The van der Waals surface area contributed by atoms with Crippen LogP contribution in [0.15, 0.2) is 0 Å². The first-order chi connectivity index (χ1) is 8.87. The molecule has 11 heteroatoms. The van der Waals surface area contributed by atoms with Gasteiger partial charge in [0.05, 0.1) is 27.7 Å². The molecule has 0 aliphatic heterocycles. The van der Waals surface area contributed by atoms with Gasteiger partial charge in [0.2, 0.25) is 0 Å². The summed E-state index contributed by atoms with van der Waals surface area (Å²) in [4.78, 5) is 9.34. The highest BCUT2D eigenvalue weighted by atomic mass is 32.3. The van der Waals surface area contributed by atoms with Crippen LogP contribution in [-0.2, 0) is 24.0 Å². The van der Waals surface area contributed by atoms with Crippen LogP contribution in [0.3, 0.4) is 0 Å². The Morgan fingerprint density at radius 2 is 1.75 bits per heavy atom. The van der Waals surface area contributed by atoms with Crippen LogP contribution in [0.4, 0.5) is 3.89 Å². The molecule has 0 radical (unpaired) electrons. The van der Waals surface area contributed by atoms with Gasteiger partial charge in [-0.05, 0) is 0 Å². The molecule has 0 fully saturated rings. The Morgan fingerprint density at radius 3 is 2.15 bits per heavy atom. The van der Waals surface area contributed by atoms with E-state index in [0.29, 0.717) is 15.3 Å². The molecular formula is C9H23FN2O6PS+. The molecule has 0 spiro atoms. The number of phosphoric ester groups is 1. The third kappa shape index (κ3) is 9.76. The van der Waals surface area contributed by atoms with Crippen LogP contribution in [0.5, 0.6) is 0 Å². The zero-order valence-corrected chi connectivity index (χ0v) is 13.9. The van der Waals surface area contributed by atoms with E-state index < -0.39 is 24.8 Å². The monoisotopic (exact) mass is 337 g/mol. The third-order valence-corrected chi connectivity index (χ3v) is 4.35. The van der Waals surface area contributed by atoms with Crippen molar-refractivity contribution in [2.45, 2.75) is 6.92 Å². The minimum atomic E-state index is -4.83. The molecule has 0 bridgehead atoms. The Morgan fingerprint density at radius 1 is 1.25 bits per heavy atom. The Hall–Kier alpha value is -0.0900. The fraction of sp³-hybridized carbons (Fsp3) is 1.00. The fourth-order valence-electron chi connectivity index (χ4n) is 1.15. The number of halogens is 1. The molecule has 0 aromatic carbocycles. The van der Waals surface area contributed by atoms with Crippen LogP contribution in [0.1, 0.15) is 6.92 Å². The quantitative estimate of drug-likeness (QED) is 0.352. The van der Waals surface area contributed by atoms with Gasteiger partial charge in [0.25, 0.3) is 0 Å². The smallest absolute Gasteiger partial charge is 0.329 e. The van der Waals surface area contributed by atoms with Gasteiger partial charge in [-0.2, -0.15) is 12.7 Å². The molecule has 1 N–H and O–H groups in total.